The minimum absolute atomic E-state index is 0.0331. The first-order valence-electron chi connectivity index (χ1n) is 8.69. The zero-order chi connectivity index (χ0) is 18.5. The second kappa shape index (κ2) is 4.64. The number of carbonyl (C=O) groups excluding carboxylic acids is 1. The largest absolute Gasteiger partial charge is 0.496 e. The Balaban J connectivity index is 1.74. The highest BCUT2D eigenvalue weighted by Gasteiger charge is 2.82. The molecule has 0 saturated carbocycles. The number of ketones is 1. The molecule has 1 aliphatic heterocycles. The zero-order valence-electron chi connectivity index (χ0n) is 14.5. The predicted octanol–water partition coefficient (Wildman–Crippen LogP) is 1.26. The van der Waals surface area contributed by atoms with E-state index in [4.69, 9.17) is 9.47 Å². The lowest BCUT2D eigenvalue weighted by Crippen LogP contribution is -2.48. The maximum absolute atomic E-state index is 12.9. The summed E-state index contributed by atoms with van der Waals surface area (Å²) in [4.78, 5) is 12.9. The molecule has 5 atom stereocenters. The molecule has 4 aliphatic rings. The van der Waals surface area contributed by atoms with Crippen LogP contribution in [0.4, 0.5) is 0 Å². The second-order valence-corrected chi connectivity index (χ2v) is 7.91. The van der Waals surface area contributed by atoms with Crippen LogP contribution in [0.15, 0.2) is 41.5 Å². The van der Waals surface area contributed by atoms with Crippen LogP contribution < -0.4 is 4.74 Å². The molecule has 136 valence electrons. The van der Waals surface area contributed by atoms with Crippen LogP contribution in [0.25, 0.3) is 0 Å². The minimum atomic E-state index is -1.30. The van der Waals surface area contributed by atoms with E-state index in [0.717, 1.165) is 0 Å². The highest BCUT2D eigenvalue weighted by Crippen LogP contribution is 2.72. The van der Waals surface area contributed by atoms with Crippen molar-refractivity contribution in [1.29, 1.82) is 0 Å². The van der Waals surface area contributed by atoms with E-state index in [1.165, 1.54) is 7.11 Å². The van der Waals surface area contributed by atoms with Crippen LogP contribution in [0.1, 0.15) is 43.1 Å². The predicted molar refractivity (Wildman–Crippen MR) is 90.5 cm³/mol. The van der Waals surface area contributed by atoms with Crippen molar-refractivity contribution in [3.63, 3.8) is 0 Å². The summed E-state index contributed by atoms with van der Waals surface area (Å²) >= 11 is 0. The van der Waals surface area contributed by atoms with Crippen molar-refractivity contribution >= 4 is 5.78 Å². The highest BCUT2D eigenvalue weighted by molar-refractivity contribution is 6.02. The summed E-state index contributed by atoms with van der Waals surface area (Å²) < 4.78 is 11.4. The van der Waals surface area contributed by atoms with Crippen LogP contribution in [0, 0.1) is 0 Å². The van der Waals surface area contributed by atoms with E-state index >= 15 is 0 Å². The lowest BCUT2D eigenvalue weighted by atomic mass is 9.62. The summed E-state index contributed by atoms with van der Waals surface area (Å²) in [6.45, 7) is 1.63. The Morgan fingerprint density at radius 2 is 2.00 bits per heavy atom. The SMILES string of the molecule is COc1cccc2c1[C@H](O)[C@]13C=CC4=C(C(=O)C[C@](C)(O)C4)[C@]1(O3)[C@@H]2O. The summed E-state index contributed by atoms with van der Waals surface area (Å²) in [5, 5.41) is 32.7. The van der Waals surface area contributed by atoms with Gasteiger partial charge in [-0.25, -0.2) is 0 Å². The lowest BCUT2D eigenvalue weighted by molar-refractivity contribution is -0.122. The van der Waals surface area contributed by atoms with Crippen molar-refractivity contribution in [3.05, 3.63) is 52.6 Å². The molecule has 0 unspecified atom stereocenters. The number of rotatable bonds is 1. The van der Waals surface area contributed by atoms with Gasteiger partial charge in [-0.15, -0.1) is 0 Å². The first-order valence-corrected chi connectivity index (χ1v) is 8.69. The van der Waals surface area contributed by atoms with E-state index < -0.39 is 29.0 Å². The zero-order valence-corrected chi connectivity index (χ0v) is 14.5. The van der Waals surface area contributed by atoms with Gasteiger partial charge in [-0.05, 0) is 30.2 Å². The fourth-order valence-electron chi connectivity index (χ4n) is 5.09. The molecular formula is C20H20O6. The normalized spacial score (nSPS) is 42.6. The molecule has 0 aromatic heterocycles. The van der Waals surface area contributed by atoms with Crippen LogP contribution >= 0.6 is 0 Å². The Morgan fingerprint density at radius 1 is 1.23 bits per heavy atom. The molecule has 1 heterocycles. The maximum Gasteiger partial charge on any atom is 0.165 e. The Morgan fingerprint density at radius 3 is 2.73 bits per heavy atom. The Hall–Kier alpha value is -1.99. The van der Waals surface area contributed by atoms with E-state index in [2.05, 4.69) is 0 Å². The number of hydrogen-bond donors (Lipinski definition) is 3. The molecule has 6 heteroatoms. The fourth-order valence-corrected chi connectivity index (χ4v) is 5.09. The molecule has 1 saturated heterocycles. The van der Waals surface area contributed by atoms with Gasteiger partial charge in [0, 0.05) is 24.0 Å². The number of ether oxygens (including phenoxy) is 2. The first-order chi connectivity index (χ1) is 12.3. The number of aliphatic hydroxyl groups is 3. The molecule has 1 fully saturated rings. The monoisotopic (exact) mass is 356 g/mol. The van der Waals surface area contributed by atoms with E-state index in [1.807, 2.05) is 0 Å². The van der Waals surface area contributed by atoms with Crippen LogP contribution in [-0.4, -0.2) is 45.0 Å². The van der Waals surface area contributed by atoms with Crippen LogP contribution in [-0.2, 0) is 9.53 Å². The standard InChI is InChI=1S/C20H20O6/c1-18(24)8-10-6-7-19-17(23)14-11(4-3-5-13(14)25-2)16(22)20(19,26-19)15(10)12(21)9-18/h3-7,16-17,22-24H,8-9H2,1-2H3/t16-,17+,18-,19-,20+/m1/s1. The van der Waals surface area contributed by atoms with E-state index in [-0.39, 0.29) is 12.2 Å². The van der Waals surface area contributed by atoms with Gasteiger partial charge >= 0.3 is 0 Å². The second-order valence-electron chi connectivity index (χ2n) is 7.91. The summed E-state index contributed by atoms with van der Waals surface area (Å²) in [6.07, 6.45) is 1.54. The van der Waals surface area contributed by atoms with Crippen molar-refractivity contribution in [3.8, 4) is 5.75 Å². The first kappa shape index (κ1) is 16.2. The van der Waals surface area contributed by atoms with Gasteiger partial charge in [0.15, 0.2) is 17.0 Å². The molecule has 26 heavy (non-hydrogen) atoms. The number of methoxy groups -OCH3 is 1. The molecule has 0 radical (unpaired) electrons. The fraction of sp³-hybridized carbons (Fsp3) is 0.450. The molecule has 1 aromatic carbocycles. The van der Waals surface area contributed by atoms with Gasteiger partial charge in [0.25, 0.3) is 0 Å². The third-order valence-electron chi connectivity index (χ3n) is 6.16. The van der Waals surface area contributed by atoms with Crippen molar-refractivity contribution in [1.82, 2.24) is 0 Å². The molecule has 5 rings (SSSR count). The van der Waals surface area contributed by atoms with Gasteiger partial charge in [-0.1, -0.05) is 18.2 Å². The third-order valence-corrected chi connectivity index (χ3v) is 6.16. The average molecular weight is 356 g/mol. The number of carbonyl (C=O) groups is 1. The number of epoxide rings is 1. The van der Waals surface area contributed by atoms with Crippen molar-refractivity contribution in [2.45, 2.75) is 48.8 Å². The molecule has 6 nitrogen and oxygen atoms in total. The Bertz CT molecular complexity index is 913. The van der Waals surface area contributed by atoms with Gasteiger partial charge in [-0.3, -0.25) is 4.79 Å². The van der Waals surface area contributed by atoms with Crippen molar-refractivity contribution < 1.29 is 29.6 Å². The maximum atomic E-state index is 12.9. The van der Waals surface area contributed by atoms with Crippen LogP contribution in [0.2, 0.25) is 0 Å². The van der Waals surface area contributed by atoms with E-state index in [1.54, 1.807) is 37.3 Å². The van der Waals surface area contributed by atoms with Crippen molar-refractivity contribution in [2.75, 3.05) is 7.11 Å². The minimum Gasteiger partial charge on any atom is -0.496 e. The van der Waals surface area contributed by atoms with Gasteiger partial charge in [0.2, 0.25) is 0 Å². The molecule has 0 spiro atoms. The summed E-state index contributed by atoms with van der Waals surface area (Å²) in [5.74, 6) is 0.221. The average Bonchev–Trinajstić information content (AvgIpc) is 3.30. The lowest BCUT2D eigenvalue weighted by Gasteiger charge is -2.40. The number of hydrogen-bond acceptors (Lipinski definition) is 6. The smallest absolute Gasteiger partial charge is 0.165 e. The van der Waals surface area contributed by atoms with Crippen LogP contribution in [0.5, 0.6) is 5.75 Å². The van der Waals surface area contributed by atoms with E-state index in [0.29, 0.717) is 34.4 Å². The van der Waals surface area contributed by atoms with Gasteiger partial charge in [0.1, 0.15) is 18.0 Å². The molecule has 3 aliphatic carbocycles. The number of benzene rings is 1. The van der Waals surface area contributed by atoms with Gasteiger partial charge < -0.3 is 24.8 Å². The summed E-state index contributed by atoms with van der Waals surface area (Å²) in [7, 11) is 1.51. The quantitative estimate of drug-likeness (QED) is 0.655. The van der Waals surface area contributed by atoms with Crippen molar-refractivity contribution in [2.24, 2.45) is 0 Å². The number of aliphatic hydroxyl groups excluding tert-OH is 2. The van der Waals surface area contributed by atoms with Gasteiger partial charge in [-0.2, -0.15) is 0 Å². The summed E-state index contributed by atoms with van der Waals surface area (Å²) in [5.41, 5.74) is -1.58. The summed E-state index contributed by atoms with van der Waals surface area (Å²) in [6, 6.07) is 5.18. The molecule has 1 aromatic rings. The number of allylic oxidation sites excluding steroid dienone is 1. The van der Waals surface area contributed by atoms with E-state index in [9.17, 15) is 20.1 Å². The molecule has 0 amide bonds. The Labute approximate surface area is 150 Å². The molecule has 3 N–H and O–H groups in total. The molecular weight excluding hydrogens is 336 g/mol. The topological polar surface area (TPSA) is 99.5 Å². The molecule has 0 bridgehead atoms. The Kier molecular flexibility index (Phi) is 2.89. The number of fused-ring (bicyclic) bond motifs is 1. The van der Waals surface area contributed by atoms with Crippen LogP contribution in [0.3, 0.4) is 0 Å². The number of Topliss-reactive ketones (excluding diaryl/α,β-unsaturated/α-hetero) is 1. The highest BCUT2D eigenvalue weighted by atomic mass is 16.7. The van der Waals surface area contributed by atoms with Gasteiger partial charge in [0.05, 0.1) is 12.7 Å². The third kappa shape index (κ3) is 1.64.